The summed E-state index contributed by atoms with van der Waals surface area (Å²) in [6.07, 6.45) is 2.59. The number of carbonyl (C=O) groups is 1. The molecule has 0 spiro atoms. The lowest BCUT2D eigenvalue weighted by atomic mass is 9.79. The first-order valence-corrected chi connectivity index (χ1v) is 6.90. The number of aryl methyl sites for hydroxylation is 2. The van der Waals surface area contributed by atoms with Crippen LogP contribution in [0.5, 0.6) is 0 Å². The average molecular weight is 267 g/mol. The second kappa shape index (κ2) is 6.70. The van der Waals surface area contributed by atoms with Gasteiger partial charge in [0, 0.05) is 18.8 Å². The van der Waals surface area contributed by atoms with Crippen molar-refractivity contribution in [3.05, 3.63) is 17.0 Å². The molecule has 0 aliphatic rings. The van der Waals surface area contributed by atoms with Crippen LogP contribution in [0.15, 0.2) is 0 Å². The first kappa shape index (κ1) is 15.7. The molecule has 108 valence electrons. The maximum Gasteiger partial charge on any atom is 0.255 e. The minimum absolute atomic E-state index is 0.0179. The van der Waals surface area contributed by atoms with Crippen LogP contribution in [-0.4, -0.2) is 34.4 Å². The topological polar surface area (TPSA) is 78.0 Å². The quantitative estimate of drug-likeness (QED) is 0.706. The molecule has 1 rings (SSSR count). The van der Waals surface area contributed by atoms with Gasteiger partial charge in [0.1, 0.15) is 0 Å². The number of nitrogens with zero attached hydrogens (tertiary/aromatic N) is 1. The number of amides is 1. The van der Waals surface area contributed by atoms with Gasteiger partial charge in [0.25, 0.3) is 5.91 Å². The lowest BCUT2D eigenvalue weighted by molar-refractivity contribution is 0.0906. The summed E-state index contributed by atoms with van der Waals surface area (Å²) in [6.45, 7) is 8.60. The maximum absolute atomic E-state index is 12.2. The molecule has 1 aromatic rings. The van der Waals surface area contributed by atoms with Gasteiger partial charge in [-0.25, -0.2) is 0 Å². The highest BCUT2D eigenvalue weighted by Crippen LogP contribution is 2.29. The van der Waals surface area contributed by atoms with Crippen molar-refractivity contribution in [2.24, 2.45) is 5.41 Å². The zero-order chi connectivity index (χ0) is 14.5. The Morgan fingerprint density at radius 2 is 2.00 bits per heavy atom. The van der Waals surface area contributed by atoms with Crippen LogP contribution in [0, 0.1) is 19.3 Å². The second-order valence-electron chi connectivity index (χ2n) is 5.17. The normalized spacial score (nSPS) is 11.6. The van der Waals surface area contributed by atoms with Gasteiger partial charge in [-0.3, -0.25) is 9.89 Å². The molecule has 0 bridgehead atoms. The summed E-state index contributed by atoms with van der Waals surface area (Å²) in [5.74, 6) is -0.0898. The summed E-state index contributed by atoms with van der Waals surface area (Å²) in [5, 5.41) is 19.0. The Kier molecular flexibility index (Phi) is 5.54. The van der Waals surface area contributed by atoms with Gasteiger partial charge in [-0.2, -0.15) is 5.10 Å². The van der Waals surface area contributed by atoms with Gasteiger partial charge >= 0.3 is 0 Å². The number of nitrogens with one attached hydrogen (secondary N) is 2. The summed E-state index contributed by atoms with van der Waals surface area (Å²) in [5.41, 5.74) is 2.12. The Balaban J connectivity index is 2.72. The van der Waals surface area contributed by atoms with E-state index in [1.807, 2.05) is 13.8 Å². The van der Waals surface area contributed by atoms with E-state index in [1.165, 1.54) is 0 Å². The molecular formula is C14H25N3O2. The minimum Gasteiger partial charge on any atom is -0.396 e. The van der Waals surface area contributed by atoms with Crippen molar-refractivity contribution in [3.8, 4) is 0 Å². The predicted octanol–water partition coefficient (Wildman–Crippen LogP) is 1.95. The van der Waals surface area contributed by atoms with Crippen LogP contribution >= 0.6 is 0 Å². The zero-order valence-electron chi connectivity index (χ0n) is 12.3. The van der Waals surface area contributed by atoms with E-state index >= 15 is 0 Å². The Labute approximate surface area is 114 Å². The molecule has 0 saturated heterocycles. The van der Waals surface area contributed by atoms with Crippen molar-refractivity contribution in [2.75, 3.05) is 13.2 Å². The maximum atomic E-state index is 12.2. The number of hydrogen-bond acceptors (Lipinski definition) is 3. The monoisotopic (exact) mass is 267 g/mol. The molecule has 0 saturated carbocycles. The molecule has 0 atom stereocenters. The highest BCUT2D eigenvalue weighted by atomic mass is 16.3. The fourth-order valence-electron chi connectivity index (χ4n) is 2.42. The van der Waals surface area contributed by atoms with Gasteiger partial charge in [0.15, 0.2) is 0 Å². The van der Waals surface area contributed by atoms with Gasteiger partial charge in [0.2, 0.25) is 0 Å². The van der Waals surface area contributed by atoms with Crippen LogP contribution in [0.3, 0.4) is 0 Å². The third-order valence-corrected chi connectivity index (χ3v) is 4.12. The summed E-state index contributed by atoms with van der Waals surface area (Å²) < 4.78 is 0. The molecule has 19 heavy (non-hydrogen) atoms. The highest BCUT2D eigenvalue weighted by Gasteiger charge is 2.27. The molecule has 0 radical (unpaired) electrons. The Hall–Kier alpha value is -1.36. The Morgan fingerprint density at radius 1 is 1.37 bits per heavy atom. The van der Waals surface area contributed by atoms with Crippen molar-refractivity contribution >= 4 is 5.91 Å². The van der Waals surface area contributed by atoms with Crippen LogP contribution in [0.4, 0.5) is 0 Å². The number of hydrogen-bond donors (Lipinski definition) is 3. The molecule has 0 unspecified atom stereocenters. The molecular weight excluding hydrogens is 242 g/mol. The van der Waals surface area contributed by atoms with Gasteiger partial charge in [-0.15, -0.1) is 0 Å². The van der Waals surface area contributed by atoms with Crippen LogP contribution in [0.2, 0.25) is 0 Å². The van der Waals surface area contributed by atoms with E-state index in [-0.39, 0.29) is 17.9 Å². The van der Waals surface area contributed by atoms with Gasteiger partial charge in [-0.05, 0) is 38.5 Å². The summed E-state index contributed by atoms with van der Waals surface area (Å²) >= 11 is 0. The van der Waals surface area contributed by atoms with Gasteiger partial charge in [0.05, 0.1) is 11.3 Å². The lowest BCUT2D eigenvalue weighted by Crippen LogP contribution is -2.38. The van der Waals surface area contributed by atoms with Crippen molar-refractivity contribution in [1.82, 2.24) is 15.5 Å². The Bertz CT molecular complexity index is 403. The van der Waals surface area contributed by atoms with E-state index in [9.17, 15) is 9.90 Å². The van der Waals surface area contributed by atoms with E-state index in [0.717, 1.165) is 24.2 Å². The first-order chi connectivity index (χ1) is 8.99. The number of aliphatic hydroxyl groups excluding tert-OH is 1. The molecule has 1 amide bonds. The zero-order valence-corrected chi connectivity index (χ0v) is 12.3. The minimum atomic E-state index is -0.0898. The van der Waals surface area contributed by atoms with Crippen LogP contribution < -0.4 is 5.32 Å². The number of aromatic nitrogens is 2. The van der Waals surface area contributed by atoms with E-state index in [0.29, 0.717) is 18.5 Å². The van der Waals surface area contributed by atoms with Crippen molar-refractivity contribution in [1.29, 1.82) is 0 Å². The molecule has 3 N–H and O–H groups in total. The van der Waals surface area contributed by atoms with Crippen LogP contribution in [0.1, 0.15) is 54.9 Å². The number of rotatable bonds is 7. The number of aromatic amines is 1. The lowest BCUT2D eigenvalue weighted by Gasteiger charge is -2.31. The molecule has 0 aromatic carbocycles. The molecule has 0 fully saturated rings. The van der Waals surface area contributed by atoms with E-state index in [4.69, 9.17) is 0 Å². The van der Waals surface area contributed by atoms with E-state index < -0.39 is 0 Å². The van der Waals surface area contributed by atoms with E-state index in [2.05, 4.69) is 29.4 Å². The fraction of sp³-hybridized carbons (Fsp3) is 0.714. The Morgan fingerprint density at radius 3 is 2.42 bits per heavy atom. The summed E-state index contributed by atoms with van der Waals surface area (Å²) in [7, 11) is 0. The first-order valence-electron chi connectivity index (χ1n) is 6.90. The third-order valence-electron chi connectivity index (χ3n) is 4.12. The third kappa shape index (κ3) is 3.56. The molecule has 0 aliphatic heterocycles. The SMILES string of the molecule is CCC(CC)(CCO)CNC(=O)c1c(C)n[nH]c1C. The van der Waals surface area contributed by atoms with Gasteiger partial charge in [-0.1, -0.05) is 13.8 Å². The molecule has 5 heteroatoms. The fourth-order valence-corrected chi connectivity index (χ4v) is 2.42. The molecule has 1 aromatic heterocycles. The average Bonchev–Trinajstić information content (AvgIpc) is 2.74. The molecule has 0 aliphatic carbocycles. The molecule has 1 heterocycles. The summed E-state index contributed by atoms with van der Waals surface area (Å²) in [6, 6.07) is 0. The predicted molar refractivity (Wildman–Crippen MR) is 75.1 cm³/mol. The van der Waals surface area contributed by atoms with Crippen molar-refractivity contribution < 1.29 is 9.90 Å². The number of H-pyrrole nitrogens is 1. The number of carbonyl (C=O) groups excluding carboxylic acids is 1. The van der Waals surface area contributed by atoms with Crippen LogP contribution in [-0.2, 0) is 0 Å². The van der Waals surface area contributed by atoms with E-state index in [1.54, 1.807) is 0 Å². The largest absolute Gasteiger partial charge is 0.396 e. The van der Waals surface area contributed by atoms with Crippen molar-refractivity contribution in [2.45, 2.75) is 47.0 Å². The second-order valence-corrected chi connectivity index (χ2v) is 5.17. The molecule has 5 nitrogen and oxygen atoms in total. The van der Waals surface area contributed by atoms with Crippen molar-refractivity contribution in [3.63, 3.8) is 0 Å². The standard InChI is InChI=1S/C14H25N3O2/c1-5-14(6-2,7-8-18)9-15-13(19)12-10(3)16-17-11(12)4/h18H,5-9H2,1-4H3,(H,15,19)(H,16,17). The van der Waals surface area contributed by atoms with Gasteiger partial charge < -0.3 is 10.4 Å². The van der Waals surface area contributed by atoms with Crippen LogP contribution in [0.25, 0.3) is 0 Å². The number of aliphatic hydroxyl groups is 1. The highest BCUT2D eigenvalue weighted by molar-refractivity contribution is 5.96. The summed E-state index contributed by atoms with van der Waals surface area (Å²) in [4.78, 5) is 12.2. The smallest absolute Gasteiger partial charge is 0.255 e.